The number of carboxylic acid groups (broad SMARTS) is 1. The summed E-state index contributed by atoms with van der Waals surface area (Å²) in [6.45, 7) is 3.51. The summed E-state index contributed by atoms with van der Waals surface area (Å²) in [6.07, 6.45) is 0.677. The van der Waals surface area contributed by atoms with Crippen molar-refractivity contribution < 1.29 is 24.2 Å². The minimum atomic E-state index is -1.02. The number of carboxylic acids is 1. The van der Waals surface area contributed by atoms with E-state index in [1.807, 2.05) is 12.1 Å². The maximum atomic E-state index is 11.9. The normalized spacial score (nSPS) is 11.9. The first kappa shape index (κ1) is 17.8. The van der Waals surface area contributed by atoms with Crippen LogP contribution in [0.25, 0.3) is 0 Å². The minimum absolute atomic E-state index is 0.168. The van der Waals surface area contributed by atoms with Gasteiger partial charge in [-0.05, 0) is 30.0 Å². The predicted molar refractivity (Wildman–Crippen MR) is 82.3 cm³/mol. The van der Waals surface area contributed by atoms with E-state index in [9.17, 15) is 9.59 Å². The van der Waals surface area contributed by atoms with Crippen molar-refractivity contribution in [3.8, 4) is 11.5 Å². The molecule has 0 aliphatic carbocycles. The molecular weight excluding hydrogens is 286 g/mol. The van der Waals surface area contributed by atoms with E-state index >= 15 is 0 Å². The highest BCUT2D eigenvalue weighted by Gasteiger charge is 2.23. The number of benzene rings is 1. The van der Waals surface area contributed by atoms with Crippen molar-refractivity contribution in [1.29, 1.82) is 0 Å². The molecule has 2 N–H and O–H groups in total. The summed E-state index contributed by atoms with van der Waals surface area (Å²) in [7, 11) is 3.12. The largest absolute Gasteiger partial charge is 0.497 e. The first-order valence-electron chi connectivity index (χ1n) is 7.11. The van der Waals surface area contributed by atoms with Crippen LogP contribution < -0.4 is 14.8 Å². The summed E-state index contributed by atoms with van der Waals surface area (Å²) in [4.78, 5) is 23.0. The average molecular weight is 309 g/mol. The SMILES string of the molecule is COc1cc(CCC(=O)N[C@@H](C(=O)O)C(C)C)cc(OC)c1. The highest BCUT2D eigenvalue weighted by Crippen LogP contribution is 2.23. The number of aryl methyl sites for hydroxylation is 1. The van der Waals surface area contributed by atoms with E-state index in [1.54, 1.807) is 34.1 Å². The van der Waals surface area contributed by atoms with Gasteiger partial charge < -0.3 is 19.9 Å². The van der Waals surface area contributed by atoms with Crippen LogP contribution in [0.15, 0.2) is 18.2 Å². The molecule has 1 rings (SSSR count). The van der Waals surface area contributed by atoms with E-state index in [4.69, 9.17) is 14.6 Å². The van der Waals surface area contributed by atoms with Gasteiger partial charge in [-0.2, -0.15) is 0 Å². The molecular formula is C16H23NO5. The van der Waals surface area contributed by atoms with Crippen LogP contribution in [0.3, 0.4) is 0 Å². The zero-order chi connectivity index (χ0) is 16.7. The molecule has 22 heavy (non-hydrogen) atoms. The van der Waals surface area contributed by atoms with Gasteiger partial charge in [-0.15, -0.1) is 0 Å². The number of nitrogens with one attached hydrogen (secondary N) is 1. The Morgan fingerprint density at radius 1 is 1.14 bits per heavy atom. The molecule has 0 saturated heterocycles. The lowest BCUT2D eigenvalue weighted by Gasteiger charge is -2.17. The van der Waals surface area contributed by atoms with Crippen LogP contribution in [0.1, 0.15) is 25.8 Å². The fraction of sp³-hybridized carbons (Fsp3) is 0.500. The molecule has 0 aliphatic heterocycles. The molecule has 0 radical (unpaired) electrons. The minimum Gasteiger partial charge on any atom is -0.497 e. The second-order valence-corrected chi connectivity index (χ2v) is 5.35. The van der Waals surface area contributed by atoms with Gasteiger partial charge in [-0.25, -0.2) is 4.79 Å². The molecule has 6 nitrogen and oxygen atoms in total. The quantitative estimate of drug-likeness (QED) is 0.765. The standard InChI is InChI=1S/C16H23NO5/c1-10(2)15(16(19)20)17-14(18)6-5-11-7-12(21-3)9-13(8-11)22-4/h7-10,15H,5-6H2,1-4H3,(H,17,18)(H,19,20)/t15-/m1/s1. The number of hydrogen-bond acceptors (Lipinski definition) is 4. The van der Waals surface area contributed by atoms with E-state index in [0.29, 0.717) is 17.9 Å². The summed E-state index contributed by atoms with van der Waals surface area (Å²) in [5, 5.41) is 11.6. The second-order valence-electron chi connectivity index (χ2n) is 5.35. The van der Waals surface area contributed by atoms with Crippen molar-refractivity contribution in [3.05, 3.63) is 23.8 Å². The molecule has 0 saturated carbocycles. The van der Waals surface area contributed by atoms with E-state index < -0.39 is 12.0 Å². The summed E-state index contributed by atoms with van der Waals surface area (Å²) >= 11 is 0. The highest BCUT2D eigenvalue weighted by molar-refractivity contribution is 5.83. The molecule has 0 spiro atoms. The van der Waals surface area contributed by atoms with Crippen molar-refractivity contribution >= 4 is 11.9 Å². The molecule has 1 aromatic carbocycles. The van der Waals surface area contributed by atoms with Gasteiger partial charge >= 0.3 is 5.97 Å². The monoisotopic (exact) mass is 309 g/mol. The van der Waals surface area contributed by atoms with Gasteiger partial charge in [0.2, 0.25) is 5.91 Å². The predicted octanol–water partition coefficient (Wildman–Crippen LogP) is 1.86. The summed E-state index contributed by atoms with van der Waals surface area (Å²) in [5.74, 6) is -0.173. The summed E-state index contributed by atoms with van der Waals surface area (Å²) in [5.41, 5.74) is 0.891. The zero-order valence-electron chi connectivity index (χ0n) is 13.4. The van der Waals surface area contributed by atoms with Crippen LogP contribution in [0.2, 0.25) is 0 Å². The average Bonchev–Trinajstić information content (AvgIpc) is 2.49. The van der Waals surface area contributed by atoms with Crippen molar-refractivity contribution in [2.45, 2.75) is 32.7 Å². The molecule has 1 atom stereocenters. The number of aliphatic carboxylic acids is 1. The number of ether oxygens (including phenoxy) is 2. The van der Waals surface area contributed by atoms with Gasteiger partial charge in [0.05, 0.1) is 14.2 Å². The number of amides is 1. The lowest BCUT2D eigenvalue weighted by Crippen LogP contribution is -2.44. The van der Waals surface area contributed by atoms with Gasteiger partial charge in [0.15, 0.2) is 0 Å². The van der Waals surface area contributed by atoms with Gasteiger partial charge in [-0.1, -0.05) is 13.8 Å². The third-order valence-electron chi connectivity index (χ3n) is 3.30. The Labute approximate surface area is 130 Å². The van der Waals surface area contributed by atoms with Crippen molar-refractivity contribution in [2.75, 3.05) is 14.2 Å². The maximum Gasteiger partial charge on any atom is 0.326 e. The molecule has 6 heteroatoms. The molecule has 0 heterocycles. The number of carbonyl (C=O) groups excluding carboxylic acids is 1. The van der Waals surface area contributed by atoms with Crippen LogP contribution in [0.4, 0.5) is 0 Å². The first-order valence-corrected chi connectivity index (χ1v) is 7.11. The Morgan fingerprint density at radius 2 is 1.68 bits per heavy atom. The molecule has 0 fully saturated rings. The van der Waals surface area contributed by atoms with Crippen LogP contribution in [0.5, 0.6) is 11.5 Å². The van der Waals surface area contributed by atoms with E-state index in [2.05, 4.69) is 5.32 Å². The van der Waals surface area contributed by atoms with Gasteiger partial charge in [-0.3, -0.25) is 4.79 Å². The number of hydrogen-bond donors (Lipinski definition) is 2. The molecule has 0 aliphatic rings. The lowest BCUT2D eigenvalue weighted by molar-refractivity contribution is -0.143. The lowest BCUT2D eigenvalue weighted by atomic mass is 10.0. The highest BCUT2D eigenvalue weighted by atomic mass is 16.5. The topological polar surface area (TPSA) is 84.9 Å². The van der Waals surface area contributed by atoms with Crippen molar-refractivity contribution in [3.63, 3.8) is 0 Å². The van der Waals surface area contributed by atoms with Gasteiger partial charge in [0.1, 0.15) is 17.5 Å². The molecule has 0 aromatic heterocycles. The molecule has 1 aromatic rings. The molecule has 0 bridgehead atoms. The van der Waals surface area contributed by atoms with Crippen molar-refractivity contribution in [1.82, 2.24) is 5.32 Å². The van der Waals surface area contributed by atoms with E-state index in [0.717, 1.165) is 5.56 Å². The fourth-order valence-electron chi connectivity index (χ4n) is 2.03. The third-order valence-corrected chi connectivity index (χ3v) is 3.30. The molecule has 0 unspecified atom stereocenters. The summed E-state index contributed by atoms with van der Waals surface area (Å²) in [6, 6.07) is 4.54. The first-order chi connectivity index (χ1) is 10.4. The van der Waals surface area contributed by atoms with E-state index in [-0.39, 0.29) is 18.2 Å². The zero-order valence-corrected chi connectivity index (χ0v) is 13.4. The Hall–Kier alpha value is -2.24. The number of rotatable bonds is 8. The Bertz CT molecular complexity index is 505. The Kier molecular flexibility index (Phi) is 6.69. The maximum absolute atomic E-state index is 11.9. The van der Waals surface area contributed by atoms with Gasteiger partial charge in [0.25, 0.3) is 0 Å². The van der Waals surface area contributed by atoms with Crippen LogP contribution in [-0.2, 0) is 16.0 Å². The third kappa shape index (κ3) is 5.27. The van der Waals surface area contributed by atoms with E-state index in [1.165, 1.54) is 0 Å². The van der Waals surface area contributed by atoms with Crippen molar-refractivity contribution in [2.24, 2.45) is 5.92 Å². The van der Waals surface area contributed by atoms with Gasteiger partial charge in [0, 0.05) is 12.5 Å². The smallest absolute Gasteiger partial charge is 0.326 e. The Balaban J connectivity index is 2.65. The number of carbonyl (C=O) groups is 2. The number of methoxy groups -OCH3 is 2. The second kappa shape index (κ2) is 8.26. The summed E-state index contributed by atoms with van der Waals surface area (Å²) < 4.78 is 10.3. The fourth-order valence-corrected chi connectivity index (χ4v) is 2.03. The molecule has 122 valence electrons. The van der Waals surface area contributed by atoms with Crippen LogP contribution in [0, 0.1) is 5.92 Å². The molecule has 1 amide bonds. The Morgan fingerprint density at radius 3 is 2.09 bits per heavy atom. The van der Waals surface area contributed by atoms with Crippen LogP contribution >= 0.6 is 0 Å². The van der Waals surface area contributed by atoms with Crippen LogP contribution in [-0.4, -0.2) is 37.2 Å².